The van der Waals surface area contributed by atoms with Crippen LogP contribution in [0.2, 0.25) is 0 Å². The van der Waals surface area contributed by atoms with E-state index in [1.165, 1.54) is 42.5 Å². The molecule has 0 bridgehead atoms. The summed E-state index contributed by atoms with van der Waals surface area (Å²) < 4.78 is 99.4. The smallest absolute Gasteiger partial charge is 0.403 e. The fourth-order valence-corrected chi connectivity index (χ4v) is 4.33. The predicted molar refractivity (Wildman–Crippen MR) is 133 cm³/mol. The normalized spacial score (nSPS) is 12.0. The average Bonchev–Trinajstić information content (AvgIpc) is 2.84. The van der Waals surface area contributed by atoms with Crippen molar-refractivity contribution in [1.29, 1.82) is 0 Å². The predicted octanol–water partition coefficient (Wildman–Crippen LogP) is 9.26. The van der Waals surface area contributed by atoms with Crippen molar-refractivity contribution in [2.45, 2.75) is 39.0 Å². The molecule has 0 saturated heterocycles. The lowest BCUT2D eigenvalue weighted by atomic mass is 9.95. The van der Waals surface area contributed by atoms with E-state index in [1.807, 2.05) is 19.1 Å². The van der Waals surface area contributed by atoms with Gasteiger partial charge in [-0.25, -0.2) is 17.6 Å². The summed E-state index contributed by atoms with van der Waals surface area (Å²) in [6, 6.07) is 13.2. The molecule has 0 unspecified atom stereocenters. The third kappa shape index (κ3) is 6.36. The molecule has 0 aliphatic rings. The van der Waals surface area contributed by atoms with Crippen molar-refractivity contribution in [3.63, 3.8) is 0 Å². The Labute approximate surface area is 215 Å². The van der Waals surface area contributed by atoms with E-state index in [2.05, 4.69) is 4.74 Å². The summed E-state index contributed by atoms with van der Waals surface area (Å²) in [5.41, 5.74) is 1.30. The summed E-state index contributed by atoms with van der Waals surface area (Å²) >= 11 is 0. The fourth-order valence-electron chi connectivity index (χ4n) is 4.33. The molecular weight excluding hydrogens is 509 g/mol. The third-order valence-corrected chi connectivity index (χ3v) is 6.16. The standard InChI is InChI=1S/C30H23F7O/c1-2-3-4-5-19-15-25(32)28(26(33)16-19)22-11-12-23-21(17-22)10-9-20(29(23)34)8-6-18-7-13-27(24(31)14-18)38-30(35,36)37/h2-3,7,9-17H,4-6,8H2,1H3/b3-2+. The average molecular weight is 532 g/mol. The Bertz CT molecular complexity index is 1470. The van der Waals surface area contributed by atoms with Crippen LogP contribution in [0.15, 0.2) is 72.8 Å². The quantitative estimate of drug-likeness (QED) is 0.162. The Balaban J connectivity index is 1.54. The van der Waals surface area contributed by atoms with E-state index in [0.717, 1.165) is 12.1 Å². The van der Waals surface area contributed by atoms with Crippen LogP contribution >= 0.6 is 0 Å². The minimum Gasteiger partial charge on any atom is -0.403 e. The number of ether oxygens (including phenoxy) is 1. The van der Waals surface area contributed by atoms with Gasteiger partial charge in [0.15, 0.2) is 11.6 Å². The molecule has 0 aliphatic heterocycles. The van der Waals surface area contributed by atoms with Crippen molar-refractivity contribution in [1.82, 2.24) is 0 Å². The monoisotopic (exact) mass is 532 g/mol. The largest absolute Gasteiger partial charge is 0.573 e. The summed E-state index contributed by atoms with van der Waals surface area (Å²) in [4.78, 5) is 0. The zero-order chi connectivity index (χ0) is 27.4. The first kappa shape index (κ1) is 27.2. The highest BCUT2D eigenvalue weighted by Gasteiger charge is 2.32. The molecule has 0 aliphatic carbocycles. The topological polar surface area (TPSA) is 9.23 Å². The van der Waals surface area contributed by atoms with Crippen LogP contribution in [0.4, 0.5) is 30.7 Å². The van der Waals surface area contributed by atoms with Gasteiger partial charge in [-0.05, 0) is 90.6 Å². The van der Waals surface area contributed by atoms with E-state index in [-0.39, 0.29) is 29.4 Å². The zero-order valence-electron chi connectivity index (χ0n) is 20.3. The summed E-state index contributed by atoms with van der Waals surface area (Å²) in [7, 11) is 0. The molecule has 0 spiro atoms. The Kier molecular flexibility index (Phi) is 8.09. The van der Waals surface area contributed by atoms with Crippen LogP contribution in [0.25, 0.3) is 21.9 Å². The minimum atomic E-state index is -5.01. The number of aryl methyl sites for hydroxylation is 3. The van der Waals surface area contributed by atoms with E-state index in [4.69, 9.17) is 0 Å². The lowest BCUT2D eigenvalue weighted by Crippen LogP contribution is -2.18. The van der Waals surface area contributed by atoms with Crippen molar-refractivity contribution in [3.8, 4) is 16.9 Å². The summed E-state index contributed by atoms with van der Waals surface area (Å²) in [5, 5.41) is 0.689. The fraction of sp³-hybridized carbons (Fsp3) is 0.200. The molecule has 0 saturated carbocycles. The number of benzene rings is 4. The molecule has 0 aromatic heterocycles. The van der Waals surface area contributed by atoms with Crippen molar-refractivity contribution >= 4 is 10.8 Å². The first-order valence-electron chi connectivity index (χ1n) is 11.9. The van der Waals surface area contributed by atoms with Gasteiger partial charge in [0.1, 0.15) is 17.5 Å². The molecule has 4 rings (SSSR count). The molecule has 0 fully saturated rings. The summed E-state index contributed by atoms with van der Waals surface area (Å²) in [6.07, 6.45) is 0.262. The second kappa shape index (κ2) is 11.3. The van der Waals surface area contributed by atoms with E-state index in [0.29, 0.717) is 34.9 Å². The van der Waals surface area contributed by atoms with Gasteiger partial charge in [0.25, 0.3) is 0 Å². The highest BCUT2D eigenvalue weighted by Crippen LogP contribution is 2.32. The van der Waals surface area contributed by atoms with Crippen molar-refractivity contribution in [2.75, 3.05) is 0 Å². The number of hydrogen-bond acceptors (Lipinski definition) is 1. The number of allylic oxidation sites excluding steroid dienone is 2. The highest BCUT2D eigenvalue weighted by molar-refractivity contribution is 5.88. The van der Waals surface area contributed by atoms with E-state index in [1.54, 1.807) is 6.07 Å². The third-order valence-electron chi connectivity index (χ3n) is 6.16. The lowest BCUT2D eigenvalue weighted by molar-refractivity contribution is -0.275. The van der Waals surface area contributed by atoms with Crippen LogP contribution in [-0.4, -0.2) is 6.36 Å². The second-order valence-electron chi connectivity index (χ2n) is 8.83. The second-order valence-corrected chi connectivity index (χ2v) is 8.83. The summed E-state index contributed by atoms with van der Waals surface area (Å²) in [5.74, 6) is -4.04. The number of fused-ring (bicyclic) bond motifs is 1. The van der Waals surface area contributed by atoms with E-state index >= 15 is 4.39 Å². The molecule has 0 N–H and O–H groups in total. The Hall–Kier alpha value is -3.81. The van der Waals surface area contributed by atoms with Crippen LogP contribution in [0.1, 0.15) is 30.0 Å². The van der Waals surface area contributed by atoms with Crippen LogP contribution in [0.5, 0.6) is 5.75 Å². The molecule has 4 aromatic rings. The number of rotatable bonds is 8. The summed E-state index contributed by atoms with van der Waals surface area (Å²) in [6.45, 7) is 1.87. The molecule has 0 amide bonds. The van der Waals surface area contributed by atoms with Crippen LogP contribution in [0.3, 0.4) is 0 Å². The van der Waals surface area contributed by atoms with Crippen LogP contribution < -0.4 is 4.74 Å². The SMILES string of the molecule is C/C=C/CCc1cc(F)c(-c2ccc3c(F)c(CCc4ccc(OC(F)(F)F)c(F)c4)ccc3c2)c(F)c1. The highest BCUT2D eigenvalue weighted by atomic mass is 19.4. The van der Waals surface area contributed by atoms with Gasteiger partial charge in [0.05, 0.1) is 5.56 Å². The zero-order valence-corrected chi connectivity index (χ0v) is 20.3. The van der Waals surface area contributed by atoms with Crippen molar-refractivity contribution in [2.24, 2.45) is 0 Å². The van der Waals surface area contributed by atoms with Gasteiger partial charge < -0.3 is 4.74 Å². The number of halogens is 7. The van der Waals surface area contributed by atoms with Gasteiger partial charge in [-0.2, -0.15) is 0 Å². The van der Waals surface area contributed by atoms with Crippen molar-refractivity contribution in [3.05, 3.63) is 113 Å². The van der Waals surface area contributed by atoms with E-state index < -0.39 is 35.4 Å². The van der Waals surface area contributed by atoms with E-state index in [9.17, 15) is 26.3 Å². The molecule has 0 radical (unpaired) electrons. The van der Waals surface area contributed by atoms with Crippen LogP contribution in [0, 0.1) is 23.3 Å². The van der Waals surface area contributed by atoms with Crippen molar-refractivity contribution < 1.29 is 35.5 Å². The molecule has 8 heteroatoms. The Morgan fingerprint density at radius 1 is 0.737 bits per heavy atom. The Morgan fingerprint density at radius 3 is 2.11 bits per heavy atom. The maximum Gasteiger partial charge on any atom is 0.573 e. The molecule has 0 atom stereocenters. The van der Waals surface area contributed by atoms with Crippen LogP contribution in [-0.2, 0) is 19.3 Å². The lowest BCUT2D eigenvalue weighted by Gasteiger charge is -2.12. The molecular formula is C30H23F7O. The molecule has 198 valence electrons. The maximum absolute atomic E-state index is 15.2. The van der Waals surface area contributed by atoms with Gasteiger partial charge in [-0.1, -0.05) is 42.5 Å². The van der Waals surface area contributed by atoms with Gasteiger partial charge in [-0.15, -0.1) is 13.2 Å². The van der Waals surface area contributed by atoms with Gasteiger partial charge in [-0.3, -0.25) is 0 Å². The first-order chi connectivity index (χ1) is 18.1. The van der Waals surface area contributed by atoms with Gasteiger partial charge in [0, 0.05) is 5.39 Å². The Morgan fingerprint density at radius 2 is 1.45 bits per heavy atom. The number of alkyl halides is 3. The van der Waals surface area contributed by atoms with Gasteiger partial charge >= 0.3 is 6.36 Å². The maximum atomic E-state index is 15.2. The molecule has 1 nitrogen and oxygen atoms in total. The molecule has 4 aromatic carbocycles. The first-order valence-corrected chi connectivity index (χ1v) is 11.9. The number of hydrogen-bond donors (Lipinski definition) is 0. The molecule has 38 heavy (non-hydrogen) atoms. The molecule has 0 heterocycles. The van der Waals surface area contributed by atoms with Gasteiger partial charge in [0.2, 0.25) is 0 Å². The minimum absolute atomic E-state index is 0.153.